The van der Waals surface area contributed by atoms with Crippen LogP contribution in [0.2, 0.25) is 0 Å². The highest BCUT2D eigenvalue weighted by atomic mass is 16.3. The lowest BCUT2D eigenvalue weighted by Crippen LogP contribution is -2.59. The molecule has 4 fully saturated rings. The van der Waals surface area contributed by atoms with E-state index in [0.29, 0.717) is 23.2 Å². The van der Waals surface area contributed by atoms with E-state index in [4.69, 9.17) is 0 Å². The average molecular weight is 346 g/mol. The lowest BCUT2D eigenvalue weighted by Gasteiger charge is -2.62. The Balaban J connectivity index is 0.000000880. The van der Waals surface area contributed by atoms with E-state index in [9.17, 15) is 10.4 Å². The van der Waals surface area contributed by atoms with Crippen LogP contribution in [-0.4, -0.2) is 11.2 Å². The second-order valence-corrected chi connectivity index (χ2v) is 9.89. The molecule has 0 bridgehead atoms. The minimum absolute atomic E-state index is 0.0683. The summed E-state index contributed by atoms with van der Waals surface area (Å²) in [5.41, 5.74) is 0.408. The highest BCUT2D eigenvalue weighted by molar-refractivity contribution is 5.14. The second-order valence-electron chi connectivity index (χ2n) is 9.89. The molecule has 0 radical (unpaired) electrons. The van der Waals surface area contributed by atoms with Gasteiger partial charge in [-0.25, -0.2) is 0 Å². The molecule has 0 aromatic carbocycles. The number of nitrogens with zero attached hydrogens (tertiary/aromatic N) is 1. The van der Waals surface area contributed by atoms with Gasteiger partial charge in [0.25, 0.3) is 0 Å². The number of rotatable bonds is 0. The Morgan fingerprint density at radius 3 is 2.32 bits per heavy atom. The van der Waals surface area contributed by atoms with Gasteiger partial charge in [0, 0.05) is 0 Å². The Morgan fingerprint density at radius 1 is 0.960 bits per heavy atom. The van der Waals surface area contributed by atoms with Gasteiger partial charge >= 0.3 is 0 Å². The van der Waals surface area contributed by atoms with Crippen LogP contribution in [0.25, 0.3) is 0 Å². The van der Waals surface area contributed by atoms with Crippen LogP contribution in [0, 0.1) is 57.7 Å². The molecule has 4 aliphatic carbocycles. The largest absolute Gasteiger partial charge is 0.393 e. The van der Waals surface area contributed by atoms with E-state index in [1.165, 1.54) is 38.5 Å². The maximum atomic E-state index is 11.2. The smallest absolute Gasteiger partial charge is 0.0661 e. The van der Waals surface area contributed by atoms with E-state index in [1.54, 1.807) is 0 Å². The summed E-state index contributed by atoms with van der Waals surface area (Å²) in [6, 6.07) is 2.58. The Labute approximate surface area is 155 Å². The quantitative estimate of drug-likeness (QED) is 0.603. The van der Waals surface area contributed by atoms with Gasteiger partial charge in [-0.05, 0) is 78.9 Å². The maximum Gasteiger partial charge on any atom is 0.0661 e. The predicted octanol–water partition coefficient (Wildman–Crippen LogP) is 5.80. The van der Waals surface area contributed by atoms with E-state index in [-0.39, 0.29) is 17.4 Å². The first-order valence-corrected chi connectivity index (χ1v) is 11.0. The second kappa shape index (κ2) is 6.88. The molecule has 0 aromatic rings. The van der Waals surface area contributed by atoms with Gasteiger partial charge in [-0.1, -0.05) is 47.5 Å². The number of nitriles is 1. The molecular formula is C23H39NO. The van der Waals surface area contributed by atoms with Crippen molar-refractivity contribution in [2.45, 2.75) is 92.1 Å². The molecule has 9 atom stereocenters. The third kappa shape index (κ3) is 2.68. The molecule has 2 nitrogen and oxygen atoms in total. The minimum atomic E-state index is -0.187. The number of fused-ring (bicyclic) bond motifs is 5. The summed E-state index contributed by atoms with van der Waals surface area (Å²) in [6.07, 6.45) is 9.65. The molecule has 4 aliphatic rings. The van der Waals surface area contributed by atoms with Crippen molar-refractivity contribution >= 4 is 0 Å². The molecule has 1 N–H and O–H groups in total. The molecule has 0 aliphatic heterocycles. The zero-order valence-corrected chi connectivity index (χ0v) is 17.1. The van der Waals surface area contributed by atoms with Gasteiger partial charge in [0.2, 0.25) is 0 Å². The molecule has 142 valence electrons. The van der Waals surface area contributed by atoms with E-state index in [0.717, 1.165) is 24.7 Å². The van der Waals surface area contributed by atoms with Crippen molar-refractivity contribution in [1.82, 2.24) is 0 Å². The highest BCUT2D eigenvalue weighted by Crippen LogP contribution is 2.67. The summed E-state index contributed by atoms with van der Waals surface area (Å²) in [4.78, 5) is 0. The lowest BCUT2D eigenvalue weighted by atomic mass is 9.43. The van der Waals surface area contributed by atoms with E-state index in [1.807, 2.05) is 13.8 Å². The van der Waals surface area contributed by atoms with Crippen molar-refractivity contribution in [3.05, 3.63) is 0 Å². The number of aliphatic hydroxyl groups excluding tert-OH is 1. The molecule has 0 heterocycles. The fraction of sp³-hybridized carbons (Fsp3) is 0.957. The first-order chi connectivity index (χ1) is 11.9. The third-order valence-electron chi connectivity index (χ3n) is 9.09. The van der Waals surface area contributed by atoms with Crippen LogP contribution in [0.3, 0.4) is 0 Å². The van der Waals surface area contributed by atoms with Crippen molar-refractivity contribution < 1.29 is 5.11 Å². The van der Waals surface area contributed by atoms with E-state index in [2.05, 4.69) is 26.8 Å². The monoisotopic (exact) mass is 345 g/mol. The summed E-state index contributed by atoms with van der Waals surface area (Å²) in [6.45, 7) is 11.3. The summed E-state index contributed by atoms with van der Waals surface area (Å²) in [5.74, 6) is 3.62. The van der Waals surface area contributed by atoms with Crippen LogP contribution in [0.4, 0.5) is 0 Å². The van der Waals surface area contributed by atoms with Crippen LogP contribution in [-0.2, 0) is 0 Å². The molecule has 4 rings (SSSR count). The van der Waals surface area contributed by atoms with Crippen LogP contribution in [0.15, 0.2) is 0 Å². The molecule has 0 aromatic heterocycles. The van der Waals surface area contributed by atoms with Gasteiger partial charge in [-0.2, -0.15) is 5.26 Å². The Hall–Kier alpha value is -0.550. The van der Waals surface area contributed by atoms with E-state index >= 15 is 0 Å². The number of hydrogen-bond acceptors (Lipinski definition) is 2. The van der Waals surface area contributed by atoms with Gasteiger partial charge in [0.05, 0.1) is 18.1 Å². The summed E-state index contributed by atoms with van der Waals surface area (Å²) in [7, 11) is 0. The molecule has 0 spiro atoms. The van der Waals surface area contributed by atoms with Crippen molar-refractivity contribution in [2.75, 3.05) is 0 Å². The van der Waals surface area contributed by atoms with Gasteiger partial charge in [0.15, 0.2) is 0 Å². The summed E-state index contributed by atoms with van der Waals surface area (Å²) in [5, 5.41) is 20.8. The summed E-state index contributed by atoms with van der Waals surface area (Å²) >= 11 is 0. The molecule has 0 saturated heterocycles. The zero-order valence-electron chi connectivity index (χ0n) is 17.1. The van der Waals surface area contributed by atoms with Crippen molar-refractivity contribution in [3.63, 3.8) is 0 Å². The summed E-state index contributed by atoms with van der Waals surface area (Å²) < 4.78 is 0. The lowest BCUT2D eigenvalue weighted by molar-refractivity contribution is -0.174. The van der Waals surface area contributed by atoms with Gasteiger partial charge in [-0.15, -0.1) is 0 Å². The number of aliphatic hydroxyl groups is 1. The molecule has 0 amide bonds. The highest BCUT2D eigenvalue weighted by Gasteiger charge is 2.63. The molecular weight excluding hydrogens is 306 g/mol. The van der Waals surface area contributed by atoms with Crippen molar-refractivity contribution in [1.29, 1.82) is 5.26 Å². The van der Waals surface area contributed by atoms with Crippen molar-refractivity contribution in [3.8, 4) is 6.07 Å². The molecule has 2 heteroatoms. The first kappa shape index (κ1) is 19.2. The minimum Gasteiger partial charge on any atom is -0.393 e. The van der Waals surface area contributed by atoms with Crippen LogP contribution < -0.4 is 0 Å². The fourth-order valence-corrected chi connectivity index (χ4v) is 8.14. The van der Waals surface area contributed by atoms with Gasteiger partial charge < -0.3 is 5.11 Å². The van der Waals surface area contributed by atoms with Crippen LogP contribution in [0.1, 0.15) is 86.0 Å². The zero-order chi connectivity index (χ0) is 18.4. The Bertz CT molecular complexity index is 525. The Morgan fingerprint density at radius 2 is 1.64 bits per heavy atom. The van der Waals surface area contributed by atoms with Gasteiger partial charge in [-0.3, -0.25) is 0 Å². The maximum absolute atomic E-state index is 11.2. The Kier molecular flexibility index (Phi) is 5.29. The average Bonchev–Trinajstić information content (AvgIpc) is 2.91. The standard InChI is InChI=1S/C21H33NO.C2H6/c1-13-5-4-10-20(2)16(13)9-7-15-17-8-6-14(12-22)21(17,3)11-18(23)19(15)20;1-2/h13-19,23H,4-11H2,1-3H3;1-2H3. The van der Waals surface area contributed by atoms with Crippen LogP contribution in [0.5, 0.6) is 0 Å². The number of hydrogen-bond donors (Lipinski definition) is 1. The molecule has 9 unspecified atom stereocenters. The van der Waals surface area contributed by atoms with Gasteiger partial charge in [0.1, 0.15) is 0 Å². The predicted molar refractivity (Wildman–Crippen MR) is 103 cm³/mol. The first-order valence-electron chi connectivity index (χ1n) is 11.0. The fourth-order valence-electron chi connectivity index (χ4n) is 8.14. The molecule has 25 heavy (non-hydrogen) atoms. The van der Waals surface area contributed by atoms with E-state index < -0.39 is 0 Å². The van der Waals surface area contributed by atoms with Crippen LogP contribution >= 0.6 is 0 Å². The normalized spacial score (nSPS) is 54.2. The SMILES string of the molecule is CC.CC1CCCC2(C)C1CCC1C3CCC(C#N)C3(C)CC(O)C12. The van der Waals surface area contributed by atoms with Crippen molar-refractivity contribution in [2.24, 2.45) is 46.3 Å². The molecule has 4 saturated carbocycles. The third-order valence-corrected chi connectivity index (χ3v) is 9.09. The topological polar surface area (TPSA) is 44.0 Å².